The van der Waals surface area contributed by atoms with Crippen molar-refractivity contribution in [2.75, 3.05) is 13.3 Å². The first-order valence-corrected chi connectivity index (χ1v) is 4.13. The van der Waals surface area contributed by atoms with Crippen molar-refractivity contribution < 1.29 is 19.2 Å². The van der Waals surface area contributed by atoms with Crippen molar-refractivity contribution in [1.82, 2.24) is 9.55 Å². The molecule has 0 fully saturated rings. The summed E-state index contributed by atoms with van der Waals surface area (Å²) in [5.41, 5.74) is 0. The number of nitrogens with zero attached hydrogens (tertiary/aromatic N) is 3. The summed E-state index contributed by atoms with van der Waals surface area (Å²) in [6.07, 6.45) is 1.61. The average Bonchev–Trinajstić information content (AvgIpc) is 2.67. The van der Waals surface area contributed by atoms with Gasteiger partial charge in [-0.25, -0.2) is 8.96 Å². The van der Waals surface area contributed by atoms with E-state index in [-0.39, 0.29) is 12.7 Å². The fourth-order valence-corrected chi connectivity index (χ4v) is 0.906. The third kappa shape index (κ3) is 2.96. The highest BCUT2D eigenvalue weighted by Crippen LogP contribution is 2.08. The molecule has 1 atom stereocenters. The minimum absolute atomic E-state index is 0.217. The average molecular weight is 218 g/mol. The van der Waals surface area contributed by atoms with E-state index >= 15 is 0 Å². The number of halogens is 1. The zero-order valence-corrected chi connectivity index (χ0v) is 7.74. The third-order valence-electron chi connectivity index (χ3n) is 1.68. The highest BCUT2D eigenvalue weighted by Gasteiger charge is 2.15. The van der Waals surface area contributed by atoms with Gasteiger partial charge in [0.15, 0.2) is 6.73 Å². The van der Waals surface area contributed by atoms with E-state index in [1.54, 1.807) is 0 Å². The lowest BCUT2D eigenvalue weighted by molar-refractivity contribution is -0.397. The maximum absolute atomic E-state index is 12.1. The molecule has 1 aromatic rings. The van der Waals surface area contributed by atoms with Crippen LogP contribution in [0.1, 0.15) is 0 Å². The van der Waals surface area contributed by atoms with Gasteiger partial charge in [0.1, 0.15) is 25.2 Å². The van der Waals surface area contributed by atoms with E-state index in [1.807, 2.05) is 0 Å². The lowest BCUT2D eigenvalue weighted by atomic mass is 10.4. The van der Waals surface area contributed by atoms with Crippen LogP contribution in [0.5, 0.6) is 0 Å². The summed E-state index contributed by atoms with van der Waals surface area (Å²) in [5, 5.41) is 19.0. The standard InChI is InChI=1S/C7H10FN3O4/c8-3-6(4-12)15-5-10-2-1-9-7(10)11(13)14/h1-2,6,12H,3-5H2/i8-1. The SMILES string of the molecule is O=[N+]([O-])c1nccn1COC(CO)C[18F]. The van der Waals surface area contributed by atoms with Gasteiger partial charge < -0.3 is 20.0 Å². The largest absolute Gasteiger partial charge is 0.436 e. The van der Waals surface area contributed by atoms with Gasteiger partial charge in [-0.05, 0) is 4.92 Å². The second-order valence-electron chi connectivity index (χ2n) is 2.71. The number of ether oxygens (including phenoxy) is 1. The van der Waals surface area contributed by atoms with E-state index in [0.717, 1.165) is 4.57 Å². The van der Waals surface area contributed by atoms with Crippen molar-refractivity contribution in [3.8, 4) is 0 Å². The Labute approximate surface area is 84.3 Å². The van der Waals surface area contributed by atoms with Crippen LogP contribution in [0.3, 0.4) is 0 Å². The Morgan fingerprint density at radius 3 is 3.07 bits per heavy atom. The molecule has 7 nitrogen and oxygen atoms in total. The summed E-state index contributed by atoms with van der Waals surface area (Å²) in [6.45, 7) is -1.54. The summed E-state index contributed by atoms with van der Waals surface area (Å²) in [5.74, 6) is -0.384. The maximum atomic E-state index is 12.1. The van der Waals surface area contributed by atoms with Crippen LogP contribution in [-0.2, 0) is 11.5 Å². The number of nitro groups is 1. The molecule has 15 heavy (non-hydrogen) atoms. The second kappa shape index (κ2) is 5.37. The monoisotopic (exact) mass is 218 g/mol. The molecular formula is C7H10FN3O4. The second-order valence-corrected chi connectivity index (χ2v) is 2.71. The van der Waals surface area contributed by atoms with Crippen LogP contribution in [0.2, 0.25) is 0 Å². The van der Waals surface area contributed by atoms with Crippen LogP contribution >= 0.6 is 0 Å². The van der Waals surface area contributed by atoms with Crippen LogP contribution in [0.25, 0.3) is 0 Å². The summed E-state index contributed by atoms with van der Waals surface area (Å²) >= 11 is 0. The van der Waals surface area contributed by atoms with Gasteiger partial charge >= 0.3 is 5.95 Å². The molecular weight excluding hydrogens is 208 g/mol. The van der Waals surface area contributed by atoms with Crippen molar-refractivity contribution in [2.45, 2.75) is 12.8 Å². The fraction of sp³-hybridized carbons (Fsp3) is 0.571. The Bertz CT molecular complexity index is 326. The first-order chi connectivity index (χ1) is 7.19. The molecule has 0 saturated carbocycles. The maximum Gasteiger partial charge on any atom is 0.436 e. The first kappa shape index (κ1) is 11.5. The molecule has 1 rings (SSSR count). The van der Waals surface area contributed by atoms with Crippen LogP contribution in [0, 0.1) is 10.1 Å². The molecule has 0 bridgehead atoms. The van der Waals surface area contributed by atoms with Crippen LogP contribution in [0.4, 0.5) is 10.3 Å². The van der Waals surface area contributed by atoms with Crippen LogP contribution in [-0.4, -0.2) is 39.0 Å². The first-order valence-electron chi connectivity index (χ1n) is 4.13. The highest BCUT2D eigenvalue weighted by molar-refractivity contribution is 5.05. The normalized spacial score (nSPS) is 12.7. The van der Waals surface area contributed by atoms with Crippen LogP contribution in [0.15, 0.2) is 12.4 Å². The molecule has 84 valence electrons. The summed E-state index contributed by atoms with van der Waals surface area (Å²) in [4.78, 5) is 13.2. The number of imidazole rings is 1. The topological polar surface area (TPSA) is 90.4 Å². The molecule has 0 aliphatic carbocycles. The summed E-state index contributed by atoms with van der Waals surface area (Å²) in [6, 6.07) is 0. The Morgan fingerprint density at radius 1 is 1.80 bits per heavy atom. The fourth-order valence-electron chi connectivity index (χ4n) is 0.906. The van der Waals surface area contributed by atoms with Gasteiger partial charge in [-0.2, -0.15) is 0 Å². The van der Waals surface area contributed by atoms with E-state index in [1.165, 1.54) is 12.4 Å². The Morgan fingerprint density at radius 2 is 2.53 bits per heavy atom. The third-order valence-corrected chi connectivity index (χ3v) is 1.68. The molecule has 0 saturated heterocycles. The number of hydrogen-bond acceptors (Lipinski definition) is 5. The quantitative estimate of drug-likeness (QED) is 0.540. The van der Waals surface area contributed by atoms with Gasteiger partial charge in [0, 0.05) is 0 Å². The molecule has 0 spiro atoms. The summed E-state index contributed by atoms with van der Waals surface area (Å²) in [7, 11) is 0. The summed E-state index contributed by atoms with van der Waals surface area (Å²) < 4.78 is 18.1. The minimum atomic E-state index is -0.966. The number of hydrogen-bond donors (Lipinski definition) is 1. The molecule has 1 aromatic heterocycles. The molecule has 0 aliphatic rings. The Kier molecular flexibility index (Phi) is 4.13. The van der Waals surface area contributed by atoms with Gasteiger partial charge in [0.2, 0.25) is 0 Å². The molecule has 0 radical (unpaired) electrons. The Balaban J connectivity index is 2.57. The smallest absolute Gasteiger partial charge is 0.394 e. The molecule has 0 aliphatic heterocycles. The van der Waals surface area contributed by atoms with Gasteiger partial charge in [0.25, 0.3) is 0 Å². The molecule has 0 amide bonds. The van der Waals surface area contributed by atoms with E-state index in [0.29, 0.717) is 0 Å². The number of alkyl halides is 1. The molecule has 1 unspecified atom stereocenters. The molecule has 8 heteroatoms. The number of aromatic nitrogens is 2. The predicted octanol–water partition coefficient (Wildman–Crippen LogP) is 0.0958. The number of aliphatic hydroxyl groups is 1. The van der Waals surface area contributed by atoms with Crippen molar-refractivity contribution in [1.29, 1.82) is 0 Å². The molecule has 1 heterocycles. The number of rotatable bonds is 6. The highest BCUT2D eigenvalue weighted by atomic mass is 18.2. The van der Waals surface area contributed by atoms with Gasteiger partial charge in [-0.1, -0.05) is 4.98 Å². The zero-order chi connectivity index (χ0) is 11.3. The minimum Gasteiger partial charge on any atom is -0.394 e. The van der Waals surface area contributed by atoms with E-state index < -0.39 is 24.3 Å². The van der Waals surface area contributed by atoms with Gasteiger partial charge in [-0.15, -0.1) is 0 Å². The number of aliphatic hydroxyl groups excluding tert-OH is 1. The van der Waals surface area contributed by atoms with Crippen molar-refractivity contribution >= 4 is 5.95 Å². The van der Waals surface area contributed by atoms with E-state index in [4.69, 9.17) is 9.84 Å². The molecule has 1 N–H and O–H groups in total. The van der Waals surface area contributed by atoms with Gasteiger partial charge in [-0.3, -0.25) is 0 Å². The van der Waals surface area contributed by atoms with E-state index in [9.17, 15) is 14.5 Å². The predicted molar refractivity (Wildman–Crippen MR) is 46.8 cm³/mol. The van der Waals surface area contributed by atoms with Crippen molar-refractivity contribution in [3.63, 3.8) is 0 Å². The van der Waals surface area contributed by atoms with Crippen molar-refractivity contribution in [3.05, 3.63) is 22.5 Å². The Hall–Kier alpha value is -1.54. The van der Waals surface area contributed by atoms with E-state index in [2.05, 4.69) is 4.98 Å². The molecule has 0 aromatic carbocycles. The zero-order valence-electron chi connectivity index (χ0n) is 7.74. The lowest BCUT2D eigenvalue weighted by Crippen LogP contribution is -2.21. The lowest BCUT2D eigenvalue weighted by Gasteiger charge is -2.10. The van der Waals surface area contributed by atoms with Crippen LogP contribution < -0.4 is 0 Å². The van der Waals surface area contributed by atoms with Crippen molar-refractivity contribution in [2.24, 2.45) is 0 Å². The van der Waals surface area contributed by atoms with Gasteiger partial charge in [0.05, 0.1) is 6.61 Å².